The molecule has 1 heterocycles. The van der Waals surface area contributed by atoms with Crippen molar-refractivity contribution in [1.82, 2.24) is 0 Å². The van der Waals surface area contributed by atoms with Gasteiger partial charge in [-0.3, -0.25) is 0 Å². The zero-order valence-electron chi connectivity index (χ0n) is 6.87. The minimum Gasteiger partial charge on any atom is -0.351 e. The van der Waals surface area contributed by atoms with Crippen LogP contribution in [0.2, 0.25) is 0 Å². The van der Waals surface area contributed by atoms with Gasteiger partial charge in [-0.2, -0.15) is 0 Å². The van der Waals surface area contributed by atoms with Crippen molar-refractivity contribution in [3.8, 4) is 0 Å². The average molecular weight is 165 g/mol. The fourth-order valence-corrected chi connectivity index (χ4v) is 1.33. The van der Waals surface area contributed by atoms with E-state index in [1.54, 1.807) is 0 Å². The van der Waals surface area contributed by atoms with Gasteiger partial charge < -0.3 is 15.2 Å². The fourth-order valence-electron chi connectivity index (χ4n) is 1.33. The molecule has 0 saturated heterocycles. The Labute approximate surface area is 71.0 Å². The summed E-state index contributed by atoms with van der Waals surface area (Å²) in [5.74, 6) is 0. The van der Waals surface area contributed by atoms with Crippen LogP contribution in [0.4, 0.5) is 5.69 Å². The van der Waals surface area contributed by atoms with Gasteiger partial charge in [-0.25, -0.2) is 0 Å². The van der Waals surface area contributed by atoms with Crippen LogP contribution in [0.15, 0.2) is 18.2 Å². The minimum absolute atomic E-state index is 0.477. The van der Waals surface area contributed by atoms with E-state index >= 15 is 0 Å². The summed E-state index contributed by atoms with van der Waals surface area (Å²) in [7, 11) is 0. The van der Waals surface area contributed by atoms with E-state index in [2.05, 4.69) is 5.32 Å². The molecule has 0 saturated carbocycles. The maximum absolute atomic E-state index is 9.09. The van der Waals surface area contributed by atoms with Crippen LogP contribution in [0.5, 0.6) is 0 Å². The molecule has 1 aromatic rings. The first-order valence-corrected chi connectivity index (χ1v) is 3.91. The maximum atomic E-state index is 9.09. The predicted molar refractivity (Wildman–Crippen MR) is 45.6 cm³/mol. The number of aliphatic hydroxyl groups excluding tert-OH is 1. The van der Waals surface area contributed by atoms with Crippen LogP contribution >= 0.6 is 0 Å². The highest BCUT2D eigenvalue weighted by atomic mass is 16.6. The molecule has 0 bridgehead atoms. The van der Waals surface area contributed by atoms with Gasteiger partial charge in [0.15, 0.2) is 0 Å². The van der Waals surface area contributed by atoms with E-state index in [1.807, 2.05) is 25.1 Å². The molecule has 2 rings (SSSR count). The monoisotopic (exact) mass is 165 g/mol. The summed E-state index contributed by atoms with van der Waals surface area (Å²) in [6, 6.07) is 6.01. The Hall–Kier alpha value is -1.06. The summed E-state index contributed by atoms with van der Waals surface area (Å²) in [4.78, 5) is 0. The molecule has 1 atom stereocenters. The van der Waals surface area contributed by atoms with E-state index in [1.165, 1.54) is 5.56 Å². The van der Waals surface area contributed by atoms with Gasteiger partial charge in [-0.05, 0) is 13.0 Å². The van der Waals surface area contributed by atoms with Crippen LogP contribution in [0.1, 0.15) is 11.1 Å². The number of benzene rings is 1. The first-order valence-electron chi connectivity index (χ1n) is 3.91. The van der Waals surface area contributed by atoms with Crippen molar-refractivity contribution in [3.63, 3.8) is 0 Å². The Morgan fingerprint density at radius 1 is 1.58 bits per heavy atom. The summed E-state index contributed by atoms with van der Waals surface area (Å²) >= 11 is 0. The van der Waals surface area contributed by atoms with Crippen molar-refractivity contribution < 1.29 is 9.84 Å². The maximum Gasteiger partial charge on any atom is 0.235 e. The number of rotatable bonds is 0. The number of hydrogen-bond donors (Lipinski definition) is 2. The molecule has 1 aromatic carbocycles. The highest BCUT2D eigenvalue weighted by Gasteiger charge is 2.14. The lowest BCUT2D eigenvalue weighted by Crippen LogP contribution is -2.27. The molecule has 1 unspecified atom stereocenters. The van der Waals surface area contributed by atoms with Crippen molar-refractivity contribution in [2.75, 3.05) is 5.32 Å². The Morgan fingerprint density at radius 3 is 3.25 bits per heavy atom. The smallest absolute Gasteiger partial charge is 0.235 e. The third-order valence-electron chi connectivity index (χ3n) is 1.94. The molecular weight excluding hydrogens is 154 g/mol. The van der Waals surface area contributed by atoms with E-state index in [9.17, 15) is 0 Å². The van der Waals surface area contributed by atoms with Crippen LogP contribution in [0, 0.1) is 6.92 Å². The lowest BCUT2D eigenvalue weighted by atomic mass is 10.1. The molecule has 0 spiro atoms. The van der Waals surface area contributed by atoms with Gasteiger partial charge in [0, 0.05) is 11.3 Å². The molecule has 0 amide bonds. The van der Waals surface area contributed by atoms with Gasteiger partial charge in [0.25, 0.3) is 0 Å². The van der Waals surface area contributed by atoms with Crippen molar-refractivity contribution in [2.24, 2.45) is 0 Å². The van der Waals surface area contributed by atoms with Crippen molar-refractivity contribution in [1.29, 1.82) is 0 Å². The Balaban J connectivity index is 2.37. The minimum atomic E-state index is -0.861. The average Bonchev–Trinajstić information content (AvgIpc) is 2.05. The molecule has 1 aliphatic heterocycles. The van der Waals surface area contributed by atoms with Crippen LogP contribution < -0.4 is 5.32 Å². The number of aryl methyl sites for hydroxylation is 1. The van der Waals surface area contributed by atoms with E-state index in [-0.39, 0.29) is 0 Å². The number of aliphatic hydroxyl groups is 1. The van der Waals surface area contributed by atoms with Gasteiger partial charge in [0.1, 0.15) is 0 Å². The molecule has 3 nitrogen and oxygen atoms in total. The summed E-state index contributed by atoms with van der Waals surface area (Å²) < 4.78 is 5.00. The van der Waals surface area contributed by atoms with Gasteiger partial charge in [0.05, 0.1) is 6.61 Å². The van der Waals surface area contributed by atoms with Crippen molar-refractivity contribution in [2.45, 2.75) is 19.9 Å². The Morgan fingerprint density at radius 2 is 2.42 bits per heavy atom. The largest absolute Gasteiger partial charge is 0.351 e. The summed E-state index contributed by atoms with van der Waals surface area (Å²) in [5.41, 5.74) is 3.26. The van der Waals surface area contributed by atoms with E-state index in [4.69, 9.17) is 9.84 Å². The van der Waals surface area contributed by atoms with Gasteiger partial charge >= 0.3 is 0 Å². The highest BCUT2D eigenvalue weighted by molar-refractivity contribution is 5.53. The van der Waals surface area contributed by atoms with E-state index in [0.717, 1.165) is 11.3 Å². The number of fused-ring (bicyclic) bond motifs is 1. The van der Waals surface area contributed by atoms with Crippen molar-refractivity contribution in [3.05, 3.63) is 29.3 Å². The molecule has 0 aromatic heterocycles. The number of anilines is 1. The molecule has 1 aliphatic rings. The zero-order chi connectivity index (χ0) is 8.55. The van der Waals surface area contributed by atoms with Gasteiger partial charge in [-0.15, -0.1) is 0 Å². The van der Waals surface area contributed by atoms with Crippen molar-refractivity contribution >= 4 is 5.69 Å². The van der Waals surface area contributed by atoms with Crippen LogP contribution in [-0.2, 0) is 11.3 Å². The third-order valence-corrected chi connectivity index (χ3v) is 1.94. The molecule has 64 valence electrons. The molecule has 12 heavy (non-hydrogen) atoms. The molecule has 2 N–H and O–H groups in total. The molecule has 0 fully saturated rings. The van der Waals surface area contributed by atoms with Crippen LogP contribution in [0.3, 0.4) is 0 Å². The number of ether oxygens (including phenoxy) is 1. The Kier molecular flexibility index (Phi) is 1.75. The second kappa shape index (κ2) is 2.77. The predicted octanol–water partition coefficient (Wildman–Crippen LogP) is 1.21. The molecule has 3 heteroatoms. The zero-order valence-corrected chi connectivity index (χ0v) is 6.87. The van der Waals surface area contributed by atoms with E-state index in [0.29, 0.717) is 6.61 Å². The quantitative estimate of drug-likeness (QED) is 0.607. The topological polar surface area (TPSA) is 41.5 Å². The van der Waals surface area contributed by atoms with Crippen LogP contribution in [0.25, 0.3) is 0 Å². The van der Waals surface area contributed by atoms with E-state index < -0.39 is 6.41 Å². The van der Waals surface area contributed by atoms with Gasteiger partial charge in [0.2, 0.25) is 6.41 Å². The fraction of sp³-hybridized carbons (Fsp3) is 0.333. The first-order chi connectivity index (χ1) is 5.75. The highest BCUT2D eigenvalue weighted by Crippen LogP contribution is 2.22. The SMILES string of the molecule is Cc1ccc2c(c1)COC(O)N2. The number of hydrogen-bond acceptors (Lipinski definition) is 3. The lowest BCUT2D eigenvalue weighted by Gasteiger charge is -2.23. The second-order valence-corrected chi connectivity index (χ2v) is 2.97. The summed E-state index contributed by atoms with van der Waals surface area (Å²) in [6.45, 7) is 2.51. The normalized spacial score (nSPS) is 21.3. The first kappa shape index (κ1) is 7.58. The Bertz CT molecular complexity index is 299. The second-order valence-electron chi connectivity index (χ2n) is 2.97. The number of nitrogens with one attached hydrogen (secondary N) is 1. The van der Waals surface area contributed by atoms with Gasteiger partial charge in [-0.1, -0.05) is 17.7 Å². The summed E-state index contributed by atoms with van der Waals surface area (Å²) in [6.07, 6.45) is -0.861. The standard InChI is InChI=1S/C9H11NO2/c1-6-2-3-8-7(4-6)5-12-9(11)10-8/h2-4,9-11H,5H2,1H3. The third kappa shape index (κ3) is 1.29. The summed E-state index contributed by atoms with van der Waals surface area (Å²) in [5, 5.41) is 11.9. The lowest BCUT2D eigenvalue weighted by molar-refractivity contribution is -0.0929. The molecule has 0 aliphatic carbocycles. The molecular formula is C9H11NO2. The van der Waals surface area contributed by atoms with Crippen LogP contribution in [-0.4, -0.2) is 11.5 Å². The molecule has 0 radical (unpaired) electrons.